The number of rotatable bonds is 6. The molecule has 2 N–H and O–H groups in total. The van der Waals surface area contributed by atoms with E-state index in [1.54, 1.807) is 38.1 Å². The van der Waals surface area contributed by atoms with Crippen LogP contribution in [-0.4, -0.2) is 32.9 Å². The van der Waals surface area contributed by atoms with E-state index in [0.29, 0.717) is 23.1 Å². The standard InChI is InChI=1S/C15H18N4O3S/c1-4-22-12-7-5-11(6-8-12)16-14(21)10(3)23-15-17-13(20)9(2)18-19-15/h5-8,10H,4H2,1-3H3,(H,16,21)(H,17,19,20). The molecular weight excluding hydrogens is 316 g/mol. The van der Waals surface area contributed by atoms with Crippen molar-refractivity contribution in [2.75, 3.05) is 11.9 Å². The maximum Gasteiger partial charge on any atom is 0.273 e. The molecule has 122 valence electrons. The summed E-state index contributed by atoms with van der Waals surface area (Å²) in [5.41, 5.74) is 0.664. The third-order valence-electron chi connectivity index (χ3n) is 2.93. The van der Waals surface area contributed by atoms with Gasteiger partial charge in [0, 0.05) is 5.69 Å². The fourth-order valence-electron chi connectivity index (χ4n) is 1.70. The molecule has 0 saturated heterocycles. The second-order valence-corrected chi connectivity index (χ2v) is 6.08. The van der Waals surface area contributed by atoms with Crippen LogP contribution in [-0.2, 0) is 4.79 Å². The van der Waals surface area contributed by atoms with Crippen LogP contribution in [0.1, 0.15) is 19.5 Å². The minimum Gasteiger partial charge on any atom is -0.494 e. The van der Waals surface area contributed by atoms with Gasteiger partial charge in [-0.05, 0) is 45.0 Å². The van der Waals surface area contributed by atoms with Gasteiger partial charge in [0.05, 0.1) is 11.9 Å². The molecule has 7 nitrogen and oxygen atoms in total. The SMILES string of the molecule is CCOc1ccc(NC(=O)C(C)Sc2nnc(C)c(=O)[nH]2)cc1. The summed E-state index contributed by atoms with van der Waals surface area (Å²) in [6, 6.07) is 7.13. The van der Waals surface area contributed by atoms with Gasteiger partial charge in [-0.25, -0.2) is 0 Å². The highest BCUT2D eigenvalue weighted by Crippen LogP contribution is 2.20. The maximum absolute atomic E-state index is 12.2. The first kappa shape index (κ1) is 17.0. The summed E-state index contributed by atoms with van der Waals surface area (Å²) in [7, 11) is 0. The second kappa shape index (κ2) is 7.77. The van der Waals surface area contributed by atoms with E-state index in [9.17, 15) is 9.59 Å². The first-order valence-electron chi connectivity index (χ1n) is 7.13. The molecule has 0 fully saturated rings. The summed E-state index contributed by atoms with van der Waals surface area (Å²) in [5, 5.41) is 10.3. The molecule has 0 aliphatic carbocycles. The Labute approximate surface area is 137 Å². The molecule has 1 unspecified atom stereocenters. The van der Waals surface area contributed by atoms with E-state index in [4.69, 9.17) is 4.74 Å². The fourth-order valence-corrected chi connectivity index (χ4v) is 2.44. The third kappa shape index (κ3) is 4.82. The van der Waals surface area contributed by atoms with Gasteiger partial charge >= 0.3 is 0 Å². The highest BCUT2D eigenvalue weighted by molar-refractivity contribution is 8.00. The van der Waals surface area contributed by atoms with Gasteiger partial charge in [-0.2, -0.15) is 0 Å². The summed E-state index contributed by atoms with van der Waals surface area (Å²) in [4.78, 5) is 26.2. The molecule has 1 aromatic carbocycles. The van der Waals surface area contributed by atoms with Gasteiger partial charge in [-0.15, -0.1) is 10.2 Å². The van der Waals surface area contributed by atoms with Crippen LogP contribution in [0.3, 0.4) is 0 Å². The van der Waals surface area contributed by atoms with Gasteiger partial charge < -0.3 is 10.1 Å². The number of carbonyl (C=O) groups excluding carboxylic acids is 1. The summed E-state index contributed by atoms with van der Waals surface area (Å²) in [6.07, 6.45) is 0. The molecule has 0 radical (unpaired) electrons. The molecule has 0 aliphatic rings. The summed E-state index contributed by atoms with van der Waals surface area (Å²) in [5.74, 6) is 0.558. The Morgan fingerprint density at radius 1 is 1.35 bits per heavy atom. The van der Waals surface area contributed by atoms with Crippen LogP contribution in [0.4, 0.5) is 5.69 Å². The quantitative estimate of drug-likeness (QED) is 0.784. The second-order valence-electron chi connectivity index (χ2n) is 4.75. The number of nitrogens with zero attached hydrogens (tertiary/aromatic N) is 2. The number of hydrogen-bond donors (Lipinski definition) is 2. The monoisotopic (exact) mass is 334 g/mol. The van der Waals surface area contributed by atoms with Gasteiger partial charge in [-0.1, -0.05) is 11.8 Å². The van der Waals surface area contributed by atoms with E-state index >= 15 is 0 Å². The third-order valence-corrected chi connectivity index (χ3v) is 3.90. The number of nitrogens with one attached hydrogen (secondary N) is 2. The normalized spacial score (nSPS) is 11.8. The number of carbonyl (C=O) groups is 1. The van der Waals surface area contributed by atoms with Crippen molar-refractivity contribution in [1.82, 2.24) is 15.2 Å². The average Bonchev–Trinajstić information content (AvgIpc) is 2.53. The molecule has 1 atom stereocenters. The van der Waals surface area contributed by atoms with Crippen molar-refractivity contribution in [2.24, 2.45) is 0 Å². The summed E-state index contributed by atoms with van der Waals surface area (Å²) in [6.45, 7) is 5.80. The Morgan fingerprint density at radius 3 is 2.65 bits per heavy atom. The first-order valence-corrected chi connectivity index (χ1v) is 8.01. The molecule has 8 heteroatoms. The fraction of sp³-hybridized carbons (Fsp3) is 0.333. The van der Waals surface area contributed by atoms with Crippen molar-refractivity contribution in [3.8, 4) is 5.75 Å². The number of hydrogen-bond acceptors (Lipinski definition) is 6. The van der Waals surface area contributed by atoms with E-state index in [-0.39, 0.29) is 11.5 Å². The molecule has 1 heterocycles. The summed E-state index contributed by atoms with van der Waals surface area (Å²) >= 11 is 1.14. The van der Waals surface area contributed by atoms with Crippen LogP contribution in [0.2, 0.25) is 0 Å². The highest BCUT2D eigenvalue weighted by Gasteiger charge is 2.16. The van der Waals surface area contributed by atoms with Crippen molar-refractivity contribution in [1.29, 1.82) is 0 Å². The van der Waals surface area contributed by atoms with Crippen LogP contribution in [0.25, 0.3) is 0 Å². The predicted octanol–water partition coefficient (Wildman–Crippen LogP) is 1.99. The van der Waals surface area contributed by atoms with Gasteiger partial charge in [0.15, 0.2) is 5.16 Å². The Balaban J connectivity index is 1.96. The van der Waals surface area contributed by atoms with E-state index in [1.165, 1.54) is 0 Å². The molecule has 2 aromatic rings. The molecule has 23 heavy (non-hydrogen) atoms. The smallest absolute Gasteiger partial charge is 0.273 e. The topological polar surface area (TPSA) is 97.0 Å². The van der Waals surface area contributed by atoms with Gasteiger partial charge in [-0.3, -0.25) is 14.6 Å². The number of thioether (sulfide) groups is 1. The number of amides is 1. The molecule has 0 aliphatic heterocycles. The zero-order chi connectivity index (χ0) is 16.8. The lowest BCUT2D eigenvalue weighted by molar-refractivity contribution is -0.115. The van der Waals surface area contributed by atoms with Crippen LogP contribution in [0.5, 0.6) is 5.75 Å². The predicted molar refractivity (Wildman–Crippen MR) is 88.9 cm³/mol. The van der Waals surface area contributed by atoms with E-state index in [1.807, 2.05) is 6.92 Å². The van der Waals surface area contributed by atoms with Crippen LogP contribution in [0.15, 0.2) is 34.2 Å². The van der Waals surface area contributed by atoms with Crippen molar-refractivity contribution >= 4 is 23.4 Å². The van der Waals surface area contributed by atoms with Crippen molar-refractivity contribution in [3.05, 3.63) is 40.3 Å². The molecule has 0 spiro atoms. The number of H-pyrrole nitrogens is 1. The van der Waals surface area contributed by atoms with Crippen LogP contribution < -0.4 is 15.6 Å². The molecule has 1 amide bonds. The summed E-state index contributed by atoms with van der Waals surface area (Å²) < 4.78 is 5.35. The minimum atomic E-state index is -0.436. The molecule has 0 saturated carbocycles. The average molecular weight is 334 g/mol. The highest BCUT2D eigenvalue weighted by atomic mass is 32.2. The Hall–Kier alpha value is -2.35. The van der Waals surface area contributed by atoms with Crippen molar-refractivity contribution in [2.45, 2.75) is 31.2 Å². The lowest BCUT2D eigenvalue weighted by atomic mass is 10.3. The minimum absolute atomic E-state index is 0.192. The van der Waals surface area contributed by atoms with Crippen LogP contribution >= 0.6 is 11.8 Å². The lowest BCUT2D eigenvalue weighted by Gasteiger charge is -2.11. The number of aromatic amines is 1. The first-order chi connectivity index (χ1) is 11.0. The number of anilines is 1. The van der Waals surface area contributed by atoms with E-state index < -0.39 is 5.25 Å². The van der Waals surface area contributed by atoms with Gasteiger partial charge in [0.2, 0.25) is 5.91 Å². The maximum atomic E-state index is 12.2. The molecule has 0 bridgehead atoms. The largest absolute Gasteiger partial charge is 0.494 e. The molecule has 1 aromatic heterocycles. The van der Waals surface area contributed by atoms with Gasteiger partial charge in [0.25, 0.3) is 5.56 Å². The van der Waals surface area contributed by atoms with E-state index in [0.717, 1.165) is 17.5 Å². The van der Waals surface area contributed by atoms with Crippen molar-refractivity contribution in [3.63, 3.8) is 0 Å². The van der Waals surface area contributed by atoms with E-state index in [2.05, 4.69) is 20.5 Å². The number of aryl methyl sites for hydroxylation is 1. The van der Waals surface area contributed by atoms with Gasteiger partial charge in [0.1, 0.15) is 11.4 Å². The van der Waals surface area contributed by atoms with Crippen LogP contribution in [0, 0.1) is 6.92 Å². The zero-order valence-corrected chi connectivity index (χ0v) is 13.9. The lowest BCUT2D eigenvalue weighted by Crippen LogP contribution is -2.23. The van der Waals surface area contributed by atoms with Crippen molar-refractivity contribution < 1.29 is 9.53 Å². The Bertz CT molecular complexity index is 730. The molecule has 2 rings (SSSR count). The Morgan fingerprint density at radius 2 is 2.04 bits per heavy atom. The number of ether oxygens (including phenoxy) is 1. The zero-order valence-electron chi connectivity index (χ0n) is 13.1. The molecular formula is C15H18N4O3S. The Kier molecular flexibility index (Phi) is 5.75. The number of benzene rings is 1. The number of aromatic nitrogens is 3.